The highest BCUT2D eigenvalue weighted by Gasteiger charge is 2.35. The predicted molar refractivity (Wildman–Crippen MR) is 89.0 cm³/mol. The summed E-state index contributed by atoms with van der Waals surface area (Å²) in [6, 6.07) is 3.26. The number of rotatable bonds is 5. The molecule has 0 amide bonds. The quantitative estimate of drug-likeness (QED) is 0.828. The van der Waals surface area contributed by atoms with E-state index in [-0.39, 0.29) is 28.6 Å². The third-order valence-corrected chi connectivity index (χ3v) is 3.88. The number of aromatic amines is 1. The van der Waals surface area contributed by atoms with Crippen LogP contribution >= 0.6 is 0 Å². The predicted octanol–water partition coefficient (Wildman–Crippen LogP) is 4.49. The highest BCUT2D eigenvalue weighted by atomic mass is 19.4. The van der Waals surface area contributed by atoms with Crippen molar-refractivity contribution in [2.24, 2.45) is 5.41 Å². The summed E-state index contributed by atoms with van der Waals surface area (Å²) in [4.78, 5) is 11.1. The minimum Gasteiger partial charge on any atom is -0.388 e. The molecule has 25 heavy (non-hydrogen) atoms. The molecule has 0 aliphatic rings. The lowest BCUT2D eigenvalue weighted by molar-refractivity contribution is -0.137. The first-order valence-corrected chi connectivity index (χ1v) is 7.85. The maximum absolute atomic E-state index is 13.4. The number of H-pyrrole nitrogens is 1. The molecule has 5 nitrogen and oxygen atoms in total. The minimum atomic E-state index is -4.51. The number of hydrogen-bond acceptors (Lipinski definition) is 4. The van der Waals surface area contributed by atoms with Crippen LogP contribution in [-0.4, -0.2) is 16.2 Å². The Morgan fingerprint density at radius 1 is 1.32 bits per heavy atom. The molecule has 1 aromatic heterocycles. The van der Waals surface area contributed by atoms with Gasteiger partial charge in [-0.05, 0) is 30.0 Å². The van der Waals surface area contributed by atoms with Crippen LogP contribution in [0.25, 0.3) is 11.5 Å². The van der Waals surface area contributed by atoms with E-state index in [0.717, 1.165) is 6.07 Å². The fraction of sp³-hybridized carbons (Fsp3) is 0.471. The van der Waals surface area contributed by atoms with E-state index in [9.17, 15) is 18.0 Å². The van der Waals surface area contributed by atoms with E-state index < -0.39 is 17.5 Å². The van der Waals surface area contributed by atoms with Gasteiger partial charge in [0.2, 0.25) is 5.89 Å². The zero-order valence-corrected chi connectivity index (χ0v) is 14.3. The number of aromatic nitrogens is 2. The van der Waals surface area contributed by atoms with Gasteiger partial charge in [0.1, 0.15) is 0 Å². The van der Waals surface area contributed by atoms with E-state index in [1.807, 2.05) is 20.8 Å². The zero-order valence-electron chi connectivity index (χ0n) is 14.3. The molecule has 137 valence electrons. The van der Waals surface area contributed by atoms with Gasteiger partial charge in [0.15, 0.2) is 0 Å². The molecule has 2 aromatic rings. The second-order valence-electron chi connectivity index (χ2n) is 6.88. The topological polar surface area (TPSA) is 70.9 Å². The van der Waals surface area contributed by atoms with Crippen molar-refractivity contribution in [3.8, 4) is 11.5 Å². The molecule has 0 aliphatic heterocycles. The van der Waals surface area contributed by atoms with Crippen LogP contribution in [0.15, 0.2) is 27.4 Å². The van der Waals surface area contributed by atoms with Crippen LogP contribution in [0.1, 0.15) is 39.2 Å². The van der Waals surface area contributed by atoms with Gasteiger partial charge in [-0.15, -0.1) is 5.10 Å². The number of halogens is 3. The zero-order chi connectivity index (χ0) is 18.8. The van der Waals surface area contributed by atoms with Crippen molar-refractivity contribution in [2.75, 3.05) is 5.32 Å². The Bertz CT molecular complexity index is 772. The van der Waals surface area contributed by atoms with Gasteiger partial charge >= 0.3 is 11.9 Å². The Morgan fingerprint density at radius 3 is 2.48 bits per heavy atom. The Balaban J connectivity index is 2.49. The first kappa shape index (κ1) is 19.1. The average Bonchev–Trinajstić information content (AvgIpc) is 2.91. The summed E-state index contributed by atoms with van der Waals surface area (Å²) in [5, 5.41) is 8.75. The summed E-state index contributed by atoms with van der Waals surface area (Å²) in [6.07, 6.45) is -3.31. The first-order valence-electron chi connectivity index (χ1n) is 7.85. The van der Waals surface area contributed by atoms with Crippen molar-refractivity contribution in [1.82, 2.24) is 10.2 Å². The van der Waals surface area contributed by atoms with Gasteiger partial charge in [0.05, 0.1) is 5.56 Å². The molecule has 0 saturated heterocycles. The molecule has 1 heterocycles. The summed E-state index contributed by atoms with van der Waals surface area (Å²) in [5.41, 5.74) is -0.859. The minimum absolute atomic E-state index is 0.0637. The second kappa shape index (κ2) is 6.93. The molecule has 0 fully saturated rings. The van der Waals surface area contributed by atoms with Crippen LogP contribution < -0.4 is 11.1 Å². The molecule has 8 heteroatoms. The maximum Gasteiger partial charge on any atom is 0.434 e. The lowest BCUT2D eigenvalue weighted by Crippen LogP contribution is -2.34. The van der Waals surface area contributed by atoms with Crippen LogP contribution in [0.3, 0.4) is 0 Å². The molecule has 0 bridgehead atoms. The fourth-order valence-corrected chi connectivity index (χ4v) is 2.51. The molecular weight excluding hydrogens is 335 g/mol. The van der Waals surface area contributed by atoms with Crippen molar-refractivity contribution in [2.45, 2.75) is 45.8 Å². The molecule has 1 unspecified atom stereocenters. The van der Waals surface area contributed by atoms with Crippen LogP contribution in [0.4, 0.5) is 18.9 Å². The monoisotopic (exact) mass is 356 g/mol. The smallest absolute Gasteiger partial charge is 0.388 e. The van der Waals surface area contributed by atoms with Gasteiger partial charge in [-0.3, -0.25) is 0 Å². The van der Waals surface area contributed by atoms with Crippen molar-refractivity contribution in [1.29, 1.82) is 0 Å². The third kappa shape index (κ3) is 4.64. The summed E-state index contributed by atoms with van der Waals surface area (Å²) in [5.74, 6) is -0.833. The lowest BCUT2D eigenvalue weighted by atomic mass is 9.84. The third-order valence-electron chi connectivity index (χ3n) is 3.88. The Morgan fingerprint density at radius 2 is 2.00 bits per heavy atom. The molecular formula is C17H21F3N3O2. The van der Waals surface area contributed by atoms with Gasteiger partial charge in [-0.2, -0.15) is 13.2 Å². The normalized spacial score (nSPS) is 13.7. The SMILES string of the molecule is [CH2]CCC(Nc1cc(-c2n[nH]c(=O)o2)ccc1C(F)(F)F)C(C)(C)C. The Kier molecular flexibility index (Phi) is 5.29. The maximum atomic E-state index is 13.4. The summed E-state index contributed by atoms with van der Waals surface area (Å²) >= 11 is 0. The number of nitrogens with zero attached hydrogens (tertiary/aromatic N) is 1. The molecule has 0 saturated carbocycles. The lowest BCUT2D eigenvalue weighted by Gasteiger charge is -2.33. The van der Waals surface area contributed by atoms with E-state index in [1.54, 1.807) is 0 Å². The van der Waals surface area contributed by atoms with Gasteiger partial charge in [0.25, 0.3) is 0 Å². The molecule has 1 atom stereocenters. The van der Waals surface area contributed by atoms with Crippen molar-refractivity contribution >= 4 is 5.69 Å². The van der Waals surface area contributed by atoms with Gasteiger partial charge in [-0.1, -0.05) is 34.1 Å². The van der Waals surface area contributed by atoms with Crippen molar-refractivity contribution in [3.05, 3.63) is 41.2 Å². The number of anilines is 1. The molecule has 1 aromatic carbocycles. The van der Waals surface area contributed by atoms with E-state index >= 15 is 0 Å². The Labute approximate surface area is 143 Å². The van der Waals surface area contributed by atoms with E-state index in [4.69, 9.17) is 4.42 Å². The average molecular weight is 356 g/mol. The van der Waals surface area contributed by atoms with E-state index in [1.165, 1.54) is 12.1 Å². The van der Waals surface area contributed by atoms with Gasteiger partial charge < -0.3 is 9.73 Å². The molecule has 2 rings (SSSR count). The highest BCUT2D eigenvalue weighted by molar-refractivity contribution is 5.65. The standard InChI is InChI=1S/C17H21F3N3O2/c1-5-6-13(16(2,3)4)21-12-9-10(14-22-23-15(24)25-14)7-8-11(12)17(18,19)20/h7-9,13,21H,1,5-6H2,2-4H3,(H,23,24). The summed E-state index contributed by atoms with van der Waals surface area (Å²) in [6.45, 7) is 9.64. The van der Waals surface area contributed by atoms with E-state index in [0.29, 0.717) is 12.8 Å². The van der Waals surface area contributed by atoms with Crippen LogP contribution in [0.5, 0.6) is 0 Å². The van der Waals surface area contributed by atoms with Crippen LogP contribution in [0.2, 0.25) is 0 Å². The molecule has 0 aliphatic carbocycles. The van der Waals surface area contributed by atoms with Crippen molar-refractivity contribution in [3.63, 3.8) is 0 Å². The number of benzene rings is 1. The van der Waals surface area contributed by atoms with Crippen molar-refractivity contribution < 1.29 is 17.6 Å². The Hall–Kier alpha value is -2.25. The van der Waals surface area contributed by atoms with Crippen LogP contribution in [0, 0.1) is 12.3 Å². The highest BCUT2D eigenvalue weighted by Crippen LogP contribution is 2.38. The van der Waals surface area contributed by atoms with Crippen LogP contribution in [-0.2, 0) is 6.18 Å². The molecule has 1 radical (unpaired) electrons. The second-order valence-corrected chi connectivity index (χ2v) is 6.88. The fourth-order valence-electron chi connectivity index (χ4n) is 2.51. The number of nitrogens with one attached hydrogen (secondary N) is 2. The summed E-state index contributed by atoms with van der Waals surface area (Å²) in [7, 11) is 0. The van der Waals surface area contributed by atoms with Gasteiger partial charge in [-0.25, -0.2) is 9.89 Å². The number of alkyl halides is 3. The summed E-state index contributed by atoms with van der Waals surface area (Å²) < 4.78 is 44.9. The number of hydrogen-bond donors (Lipinski definition) is 2. The van der Waals surface area contributed by atoms with E-state index in [2.05, 4.69) is 22.4 Å². The first-order chi connectivity index (χ1) is 11.5. The molecule has 0 spiro atoms. The van der Waals surface area contributed by atoms with Gasteiger partial charge in [0, 0.05) is 17.3 Å². The largest absolute Gasteiger partial charge is 0.434 e. The molecule has 2 N–H and O–H groups in total.